The molecule has 4 rings (SSSR count). The number of nitrogens with one attached hydrogen (secondary N) is 2. The minimum absolute atomic E-state index is 0.0763. The molecule has 2 amide bonds. The fourth-order valence-corrected chi connectivity index (χ4v) is 4.95. The molecule has 8 heteroatoms. The van der Waals surface area contributed by atoms with E-state index >= 15 is 0 Å². The van der Waals surface area contributed by atoms with Gasteiger partial charge >= 0.3 is 12.1 Å². The van der Waals surface area contributed by atoms with Crippen LogP contribution in [0.4, 0.5) is 4.79 Å². The maximum atomic E-state index is 12.9. The van der Waals surface area contributed by atoms with Crippen molar-refractivity contribution < 1.29 is 29.0 Å². The van der Waals surface area contributed by atoms with Crippen molar-refractivity contribution in [2.45, 2.75) is 57.9 Å². The number of benzene rings is 3. The zero-order valence-corrected chi connectivity index (χ0v) is 23.0. The summed E-state index contributed by atoms with van der Waals surface area (Å²) in [5.74, 6) is -1.87. The fourth-order valence-electron chi connectivity index (χ4n) is 4.95. The number of rotatable bonds is 12. The first-order valence-electron chi connectivity index (χ1n) is 13.5. The molecular formula is C32H36N2O6. The van der Waals surface area contributed by atoms with Crippen LogP contribution in [-0.4, -0.2) is 47.9 Å². The van der Waals surface area contributed by atoms with Gasteiger partial charge in [-0.2, -0.15) is 0 Å². The van der Waals surface area contributed by atoms with Gasteiger partial charge in [-0.15, -0.1) is 0 Å². The summed E-state index contributed by atoms with van der Waals surface area (Å²) in [5, 5.41) is 15.1. The number of carbonyl (C=O) groups excluding carboxylic acids is 2. The molecule has 3 atom stereocenters. The van der Waals surface area contributed by atoms with Crippen molar-refractivity contribution in [1.29, 1.82) is 0 Å². The molecule has 1 aliphatic rings. The van der Waals surface area contributed by atoms with Gasteiger partial charge in [0, 0.05) is 18.4 Å². The molecule has 0 aromatic heterocycles. The van der Waals surface area contributed by atoms with Crippen LogP contribution in [0.25, 0.3) is 11.1 Å². The number of alkyl carbamates (subject to hydrolysis) is 1. The molecule has 0 bridgehead atoms. The molecule has 0 radical (unpaired) electrons. The lowest BCUT2D eigenvalue weighted by atomic mass is 9.98. The zero-order valence-electron chi connectivity index (χ0n) is 23.0. The lowest BCUT2D eigenvalue weighted by Gasteiger charge is -2.25. The van der Waals surface area contributed by atoms with Crippen molar-refractivity contribution in [2.75, 3.05) is 6.61 Å². The first-order chi connectivity index (χ1) is 19.2. The topological polar surface area (TPSA) is 114 Å². The van der Waals surface area contributed by atoms with E-state index in [2.05, 4.69) is 22.8 Å². The van der Waals surface area contributed by atoms with Crippen LogP contribution in [0.3, 0.4) is 0 Å². The summed E-state index contributed by atoms with van der Waals surface area (Å²) >= 11 is 0. The molecule has 210 valence electrons. The number of ether oxygens (including phenoxy) is 2. The van der Waals surface area contributed by atoms with Crippen molar-refractivity contribution in [1.82, 2.24) is 10.6 Å². The van der Waals surface area contributed by atoms with Crippen LogP contribution in [0.2, 0.25) is 0 Å². The largest absolute Gasteiger partial charge is 0.480 e. The van der Waals surface area contributed by atoms with Gasteiger partial charge in [-0.1, -0.05) is 92.7 Å². The number of fused-ring (bicyclic) bond motifs is 3. The molecule has 40 heavy (non-hydrogen) atoms. The number of amides is 2. The van der Waals surface area contributed by atoms with E-state index in [-0.39, 0.29) is 31.5 Å². The molecule has 1 aliphatic carbocycles. The van der Waals surface area contributed by atoms with Crippen molar-refractivity contribution in [2.24, 2.45) is 5.92 Å². The summed E-state index contributed by atoms with van der Waals surface area (Å²) < 4.78 is 11.4. The molecule has 0 heterocycles. The number of carbonyl (C=O) groups is 3. The molecule has 3 aromatic carbocycles. The Labute approximate surface area is 234 Å². The Balaban J connectivity index is 1.31. The fraction of sp³-hybridized carbons (Fsp3) is 0.344. The van der Waals surface area contributed by atoms with Gasteiger partial charge in [0.15, 0.2) is 6.04 Å². The van der Waals surface area contributed by atoms with Crippen molar-refractivity contribution >= 4 is 18.0 Å². The van der Waals surface area contributed by atoms with Crippen molar-refractivity contribution in [3.8, 4) is 11.1 Å². The minimum Gasteiger partial charge on any atom is -0.480 e. The van der Waals surface area contributed by atoms with Gasteiger partial charge in [0.1, 0.15) is 6.61 Å². The Bertz CT molecular complexity index is 1280. The summed E-state index contributed by atoms with van der Waals surface area (Å²) in [6.45, 7) is 5.74. The van der Waals surface area contributed by atoms with E-state index in [0.29, 0.717) is 0 Å². The lowest BCUT2D eigenvalue weighted by molar-refractivity contribution is -0.146. The summed E-state index contributed by atoms with van der Waals surface area (Å²) in [6.07, 6.45) is -1.49. The minimum atomic E-state index is -1.24. The molecule has 0 spiro atoms. The quantitative estimate of drug-likeness (QED) is 0.292. The van der Waals surface area contributed by atoms with Crippen LogP contribution in [0, 0.1) is 5.92 Å². The van der Waals surface area contributed by atoms with Gasteiger partial charge in [0.05, 0.1) is 12.7 Å². The Hall–Kier alpha value is -4.17. The summed E-state index contributed by atoms with van der Waals surface area (Å²) in [4.78, 5) is 37.5. The van der Waals surface area contributed by atoms with E-state index in [1.165, 1.54) is 0 Å². The van der Waals surface area contributed by atoms with Gasteiger partial charge < -0.3 is 25.2 Å². The highest BCUT2D eigenvalue weighted by atomic mass is 16.5. The second-order valence-corrected chi connectivity index (χ2v) is 10.4. The first-order valence-corrected chi connectivity index (χ1v) is 13.5. The Morgan fingerprint density at radius 3 is 1.98 bits per heavy atom. The summed E-state index contributed by atoms with van der Waals surface area (Å²) in [7, 11) is 0. The smallest absolute Gasteiger partial charge is 0.407 e. The third-order valence-corrected chi connectivity index (χ3v) is 7.26. The van der Waals surface area contributed by atoms with Crippen LogP contribution < -0.4 is 10.6 Å². The molecule has 1 unspecified atom stereocenters. The molecule has 3 N–H and O–H groups in total. The second-order valence-electron chi connectivity index (χ2n) is 10.4. The monoisotopic (exact) mass is 544 g/mol. The van der Waals surface area contributed by atoms with E-state index in [1.54, 1.807) is 6.92 Å². The predicted octanol–water partition coefficient (Wildman–Crippen LogP) is 5.11. The van der Waals surface area contributed by atoms with Crippen LogP contribution >= 0.6 is 0 Å². The van der Waals surface area contributed by atoms with E-state index < -0.39 is 36.2 Å². The molecule has 0 fully saturated rings. The lowest BCUT2D eigenvalue weighted by Crippen LogP contribution is -2.51. The van der Waals surface area contributed by atoms with Crippen LogP contribution in [0.5, 0.6) is 0 Å². The Kier molecular flexibility index (Phi) is 9.56. The maximum Gasteiger partial charge on any atom is 0.407 e. The molecular weight excluding hydrogens is 508 g/mol. The van der Waals surface area contributed by atoms with Gasteiger partial charge in [0.2, 0.25) is 5.91 Å². The highest BCUT2D eigenvalue weighted by Crippen LogP contribution is 2.44. The summed E-state index contributed by atoms with van der Waals surface area (Å²) in [5.41, 5.74) is 5.40. The van der Waals surface area contributed by atoms with Crippen LogP contribution in [0.15, 0.2) is 78.9 Å². The zero-order chi connectivity index (χ0) is 28.6. The molecule has 0 saturated heterocycles. The SMILES string of the molecule is CC(C)C(CC(=O)N[C@@H](C(=O)O)[C@H](C)OCc1ccccc1)NC(=O)OCC1c2ccccc2-c2ccccc21. The number of carboxylic acid groups (broad SMARTS) is 1. The average Bonchev–Trinajstić information content (AvgIpc) is 3.27. The third kappa shape index (κ3) is 7.07. The van der Waals surface area contributed by atoms with E-state index in [0.717, 1.165) is 27.8 Å². The van der Waals surface area contributed by atoms with Crippen molar-refractivity contribution in [3.63, 3.8) is 0 Å². The standard InChI is InChI=1S/C32H36N2O6/c1-20(2)28(17-29(35)34-30(31(36)37)21(3)39-18-22-11-5-4-6-12-22)33-32(38)40-19-27-25-15-9-7-13-23(25)24-14-8-10-16-26(24)27/h4-16,20-21,27-28,30H,17-19H2,1-3H3,(H,33,38)(H,34,35)(H,36,37)/t21-,28?,30+/m0/s1. The molecule has 8 nitrogen and oxygen atoms in total. The van der Waals surface area contributed by atoms with Crippen LogP contribution in [0.1, 0.15) is 49.8 Å². The molecule has 0 saturated carbocycles. The number of hydrogen-bond acceptors (Lipinski definition) is 5. The number of carboxylic acids is 1. The van der Waals surface area contributed by atoms with E-state index in [1.807, 2.05) is 80.6 Å². The van der Waals surface area contributed by atoms with Gasteiger partial charge in [-0.25, -0.2) is 9.59 Å². The van der Waals surface area contributed by atoms with Gasteiger partial charge in [-0.3, -0.25) is 4.79 Å². The normalized spacial score (nSPS) is 14.5. The van der Waals surface area contributed by atoms with E-state index in [4.69, 9.17) is 9.47 Å². The second kappa shape index (κ2) is 13.3. The number of hydrogen-bond donors (Lipinski definition) is 3. The molecule has 3 aromatic rings. The third-order valence-electron chi connectivity index (χ3n) is 7.26. The highest BCUT2D eigenvalue weighted by molar-refractivity contribution is 5.84. The predicted molar refractivity (Wildman–Crippen MR) is 152 cm³/mol. The van der Waals surface area contributed by atoms with Gasteiger partial charge in [-0.05, 0) is 40.7 Å². The Morgan fingerprint density at radius 2 is 1.40 bits per heavy atom. The Morgan fingerprint density at radius 1 is 0.825 bits per heavy atom. The maximum absolute atomic E-state index is 12.9. The highest BCUT2D eigenvalue weighted by Gasteiger charge is 2.31. The first kappa shape index (κ1) is 28.8. The van der Waals surface area contributed by atoms with E-state index in [9.17, 15) is 19.5 Å². The van der Waals surface area contributed by atoms with Crippen molar-refractivity contribution in [3.05, 3.63) is 95.6 Å². The van der Waals surface area contributed by atoms with Gasteiger partial charge in [0.25, 0.3) is 0 Å². The summed E-state index contributed by atoms with van der Waals surface area (Å²) in [6, 6.07) is 23.8. The molecule has 0 aliphatic heterocycles. The van der Waals surface area contributed by atoms with Crippen LogP contribution in [-0.2, 0) is 25.7 Å². The number of aliphatic carboxylic acids is 1. The average molecular weight is 545 g/mol.